The van der Waals surface area contributed by atoms with Gasteiger partial charge in [-0.1, -0.05) is 35.9 Å². The number of aromatic nitrogens is 2. The molecule has 0 fully saturated rings. The number of fused-ring (bicyclic) bond motifs is 1. The maximum Gasteiger partial charge on any atom is 0.227 e. The molecule has 2 aromatic heterocycles. The Bertz CT molecular complexity index is 1220. The van der Waals surface area contributed by atoms with Crippen molar-refractivity contribution in [1.82, 2.24) is 15.3 Å². The molecule has 0 bridgehead atoms. The first-order valence-corrected chi connectivity index (χ1v) is 10.1. The van der Waals surface area contributed by atoms with Crippen molar-refractivity contribution in [3.05, 3.63) is 77.5 Å². The van der Waals surface area contributed by atoms with E-state index in [1.54, 1.807) is 24.4 Å². The molecule has 0 spiro atoms. The van der Waals surface area contributed by atoms with Gasteiger partial charge in [-0.3, -0.25) is 4.79 Å². The van der Waals surface area contributed by atoms with E-state index in [1.165, 1.54) is 6.92 Å². The second kappa shape index (κ2) is 9.02. The average Bonchev–Trinajstić information content (AvgIpc) is 3.18. The number of nitrogens with one attached hydrogen (secondary N) is 1. The van der Waals surface area contributed by atoms with Crippen LogP contribution in [0, 0.1) is 0 Å². The Balaban J connectivity index is 1.45. The van der Waals surface area contributed by atoms with Gasteiger partial charge in [0.2, 0.25) is 17.7 Å². The van der Waals surface area contributed by atoms with E-state index in [9.17, 15) is 4.79 Å². The topological polar surface area (TPSA) is 77.2 Å². The number of nitrogens with zero attached hydrogens (tertiary/aromatic N) is 2. The van der Waals surface area contributed by atoms with Crippen LogP contribution in [-0.4, -0.2) is 21.9 Å². The second-order valence-corrected chi connectivity index (χ2v) is 7.42. The van der Waals surface area contributed by atoms with Gasteiger partial charge in [-0.05, 0) is 48.9 Å². The van der Waals surface area contributed by atoms with Gasteiger partial charge in [0, 0.05) is 30.8 Å². The van der Waals surface area contributed by atoms with Gasteiger partial charge < -0.3 is 14.5 Å². The zero-order valence-electron chi connectivity index (χ0n) is 17.0. The number of oxazole rings is 1. The maximum absolute atomic E-state index is 11.1. The predicted octanol–water partition coefficient (Wildman–Crippen LogP) is 5.87. The lowest BCUT2D eigenvalue weighted by Gasteiger charge is -2.08. The van der Waals surface area contributed by atoms with Crippen molar-refractivity contribution in [3.8, 4) is 23.1 Å². The summed E-state index contributed by atoms with van der Waals surface area (Å²) in [5.41, 5.74) is 3.16. The fourth-order valence-corrected chi connectivity index (χ4v) is 3.22. The van der Waals surface area contributed by atoms with Crippen LogP contribution in [0.1, 0.15) is 19.4 Å². The first-order chi connectivity index (χ1) is 15.0. The van der Waals surface area contributed by atoms with Crippen LogP contribution >= 0.6 is 11.6 Å². The van der Waals surface area contributed by atoms with Gasteiger partial charge in [0.1, 0.15) is 11.3 Å². The summed E-state index contributed by atoms with van der Waals surface area (Å²) in [5, 5.41) is 3.22. The highest BCUT2D eigenvalue weighted by molar-refractivity contribution is 6.32. The van der Waals surface area contributed by atoms with Crippen molar-refractivity contribution >= 4 is 34.7 Å². The summed E-state index contributed by atoms with van der Waals surface area (Å²) in [6, 6.07) is 16.5. The summed E-state index contributed by atoms with van der Waals surface area (Å²) in [6.45, 7) is 3.39. The number of para-hydroxylation sites is 2. The number of ether oxygens (including phenoxy) is 1. The average molecular weight is 434 g/mol. The molecule has 0 aliphatic heterocycles. The lowest BCUT2D eigenvalue weighted by molar-refractivity contribution is -0.119. The number of halogens is 1. The van der Waals surface area contributed by atoms with E-state index in [-0.39, 0.29) is 11.9 Å². The van der Waals surface area contributed by atoms with Crippen molar-refractivity contribution in [3.63, 3.8) is 0 Å². The van der Waals surface area contributed by atoms with Crippen molar-refractivity contribution in [2.75, 3.05) is 0 Å². The van der Waals surface area contributed by atoms with E-state index in [2.05, 4.69) is 15.3 Å². The molecule has 0 radical (unpaired) electrons. The third-order valence-electron chi connectivity index (χ3n) is 4.45. The Hall–Kier alpha value is -3.64. The van der Waals surface area contributed by atoms with Crippen LogP contribution in [0.5, 0.6) is 11.6 Å². The lowest BCUT2D eigenvalue weighted by atomic mass is 10.2. The minimum Gasteiger partial charge on any atom is -0.437 e. The summed E-state index contributed by atoms with van der Waals surface area (Å²) in [6.07, 6.45) is 5.47. The third kappa shape index (κ3) is 5.10. The Morgan fingerprint density at radius 2 is 2.03 bits per heavy atom. The van der Waals surface area contributed by atoms with E-state index >= 15 is 0 Å². The Morgan fingerprint density at radius 1 is 1.19 bits per heavy atom. The molecule has 7 heteroatoms. The van der Waals surface area contributed by atoms with Gasteiger partial charge >= 0.3 is 0 Å². The van der Waals surface area contributed by atoms with Crippen LogP contribution in [0.15, 0.2) is 71.3 Å². The van der Waals surface area contributed by atoms with Crippen LogP contribution in [-0.2, 0) is 4.79 Å². The molecule has 0 aliphatic rings. The standard InChI is InChI=1S/C24H20ClN3O3/c1-15(27-16(2)29)7-8-17-9-12-23(26-14-17)30-21-11-10-18(13-19(21)25)24-28-20-5-3-4-6-22(20)31-24/h3-15H,1-2H3,(H,27,29)/b8-7+/t15-/m0/s1. The van der Waals surface area contributed by atoms with Crippen molar-refractivity contribution in [2.45, 2.75) is 19.9 Å². The molecule has 0 unspecified atom stereocenters. The summed E-state index contributed by atoms with van der Waals surface area (Å²) in [7, 11) is 0. The van der Waals surface area contributed by atoms with Crippen molar-refractivity contribution in [2.24, 2.45) is 0 Å². The van der Waals surface area contributed by atoms with Crippen LogP contribution < -0.4 is 10.1 Å². The fraction of sp³-hybridized carbons (Fsp3) is 0.125. The van der Waals surface area contributed by atoms with E-state index in [0.29, 0.717) is 22.5 Å². The molecule has 31 heavy (non-hydrogen) atoms. The number of pyridine rings is 1. The molecule has 1 amide bonds. The number of benzene rings is 2. The molecule has 1 N–H and O–H groups in total. The first-order valence-electron chi connectivity index (χ1n) is 9.72. The smallest absolute Gasteiger partial charge is 0.227 e. The highest BCUT2D eigenvalue weighted by atomic mass is 35.5. The lowest BCUT2D eigenvalue weighted by Crippen LogP contribution is -2.28. The summed E-state index contributed by atoms with van der Waals surface area (Å²) < 4.78 is 11.6. The molecular formula is C24H20ClN3O3. The van der Waals surface area contributed by atoms with E-state index in [4.69, 9.17) is 20.8 Å². The molecule has 2 heterocycles. The number of rotatable bonds is 6. The number of amides is 1. The van der Waals surface area contributed by atoms with Crippen LogP contribution in [0.3, 0.4) is 0 Å². The SMILES string of the molecule is CC(=O)N[C@@H](C)/C=C/c1ccc(Oc2ccc(-c3nc4ccccc4o3)cc2Cl)nc1. The minimum absolute atomic E-state index is 0.0630. The number of carbonyl (C=O) groups is 1. The number of carbonyl (C=O) groups excluding carboxylic acids is 1. The molecule has 156 valence electrons. The predicted molar refractivity (Wildman–Crippen MR) is 121 cm³/mol. The van der Waals surface area contributed by atoms with Crippen LogP contribution in [0.4, 0.5) is 0 Å². The normalized spacial score (nSPS) is 12.2. The molecule has 1 atom stereocenters. The van der Waals surface area contributed by atoms with Gasteiger partial charge in [0.05, 0.1) is 5.02 Å². The van der Waals surface area contributed by atoms with Gasteiger partial charge in [0.25, 0.3) is 0 Å². The van der Waals surface area contributed by atoms with E-state index < -0.39 is 0 Å². The minimum atomic E-state index is -0.0713. The van der Waals surface area contributed by atoms with Gasteiger partial charge in [-0.2, -0.15) is 0 Å². The summed E-state index contributed by atoms with van der Waals surface area (Å²) >= 11 is 6.42. The van der Waals surface area contributed by atoms with E-state index in [1.807, 2.05) is 55.5 Å². The van der Waals surface area contributed by atoms with Gasteiger partial charge in [-0.15, -0.1) is 0 Å². The highest BCUT2D eigenvalue weighted by Gasteiger charge is 2.11. The first kappa shape index (κ1) is 20.6. The monoisotopic (exact) mass is 433 g/mol. The number of hydrogen-bond acceptors (Lipinski definition) is 5. The zero-order valence-corrected chi connectivity index (χ0v) is 17.8. The molecular weight excluding hydrogens is 414 g/mol. The van der Waals surface area contributed by atoms with Crippen molar-refractivity contribution in [1.29, 1.82) is 0 Å². The Labute approximate surface area is 184 Å². The molecule has 4 rings (SSSR count). The highest BCUT2D eigenvalue weighted by Crippen LogP contribution is 2.33. The van der Waals surface area contributed by atoms with Gasteiger partial charge in [0.15, 0.2) is 5.58 Å². The summed E-state index contributed by atoms with van der Waals surface area (Å²) in [5.74, 6) is 1.33. The van der Waals surface area contributed by atoms with Crippen molar-refractivity contribution < 1.29 is 13.9 Å². The van der Waals surface area contributed by atoms with Gasteiger partial charge in [-0.25, -0.2) is 9.97 Å². The van der Waals surface area contributed by atoms with Crippen LogP contribution in [0.2, 0.25) is 5.02 Å². The molecule has 0 saturated heterocycles. The molecule has 0 aliphatic carbocycles. The Morgan fingerprint density at radius 3 is 2.74 bits per heavy atom. The summed E-state index contributed by atoms with van der Waals surface area (Å²) in [4.78, 5) is 19.9. The molecule has 4 aromatic rings. The number of hydrogen-bond donors (Lipinski definition) is 1. The fourth-order valence-electron chi connectivity index (χ4n) is 3.00. The quantitative estimate of drug-likeness (QED) is 0.411. The zero-order chi connectivity index (χ0) is 21.8. The second-order valence-electron chi connectivity index (χ2n) is 7.01. The van der Waals surface area contributed by atoms with Crippen LogP contribution in [0.25, 0.3) is 28.6 Å². The molecule has 0 saturated carbocycles. The Kier molecular flexibility index (Phi) is 6.00. The third-order valence-corrected chi connectivity index (χ3v) is 4.75. The largest absolute Gasteiger partial charge is 0.437 e. The van der Waals surface area contributed by atoms with E-state index in [0.717, 1.165) is 22.2 Å². The maximum atomic E-state index is 11.1. The molecule has 2 aromatic carbocycles. The molecule has 6 nitrogen and oxygen atoms in total.